The van der Waals surface area contributed by atoms with Crippen molar-refractivity contribution < 1.29 is 4.42 Å². The van der Waals surface area contributed by atoms with Gasteiger partial charge in [0.15, 0.2) is 0 Å². The predicted molar refractivity (Wildman–Crippen MR) is 79.1 cm³/mol. The minimum absolute atomic E-state index is 0.0611. The molecule has 0 aliphatic heterocycles. The molecule has 96 valence electrons. The second kappa shape index (κ2) is 5.15. The SMILES string of the molecule is CNC(c1ccco1)c1nc2ccccc2cc1Br. The molecule has 2 aromatic heterocycles. The van der Waals surface area contributed by atoms with Crippen LogP contribution in [0.1, 0.15) is 17.5 Å². The zero-order valence-electron chi connectivity index (χ0n) is 10.4. The first-order valence-corrected chi connectivity index (χ1v) is 6.85. The monoisotopic (exact) mass is 316 g/mol. The summed E-state index contributed by atoms with van der Waals surface area (Å²) in [5, 5.41) is 4.36. The summed E-state index contributed by atoms with van der Waals surface area (Å²) in [7, 11) is 1.90. The molecule has 0 aliphatic carbocycles. The van der Waals surface area contributed by atoms with Gasteiger partial charge in [0.05, 0.1) is 17.5 Å². The summed E-state index contributed by atoms with van der Waals surface area (Å²) in [5.74, 6) is 0.853. The molecule has 0 spiro atoms. The Kier molecular flexibility index (Phi) is 3.36. The van der Waals surface area contributed by atoms with Crippen molar-refractivity contribution in [2.45, 2.75) is 6.04 Å². The van der Waals surface area contributed by atoms with Crippen molar-refractivity contribution >= 4 is 26.8 Å². The molecular formula is C15H13BrN2O. The third-order valence-electron chi connectivity index (χ3n) is 3.09. The first kappa shape index (κ1) is 12.4. The lowest BCUT2D eigenvalue weighted by atomic mass is 10.1. The average molecular weight is 317 g/mol. The van der Waals surface area contributed by atoms with Crippen LogP contribution in [0.4, 0.5) is 0 Å². The van der Waals surface area contributed by atoms with Crippen LogP contribution >= 0.6 is 15.9 Å². The van der Waals surface area contributed by atoms with Gasteiger partial charge < -0.3 is 9.73 Å². The Labute approximate surface area is 119 Å². The van der Waals surface area contributed by atoms with E-state index in [1.54, 1.807) is 6.26 Å². The fourth-order valence-electron chi connectivity index (χ4n) is 2.18. The van der Waals surface area contributed by atoms with Gasteiger partial charge in [-0.3, -0.25) is 0 Å². The quantitative estimate of drug-likeness (QED) is 0.796. The van der Waals surface area contributed by atoms with Gasteiger partial charge >= 0.3 is 0 Å². The highest BCUT2D eigenvalue weighted by Gasteiger charge is 2.19. The van der Waals surface area contributed by atoms with E-state index in [4.69, 9.17) is 9.40 Å². The van der Waals surface area contributed by atoms with Crippen LogP contribution in [0.2, 0.25) is 0 Å². The lowest BCUT2D eigenvalue weighted by molar-refractivity contribution is 0.458. The molecule has 1 unspecified atom stereocenters. The van der Waals surface area contributed by atoms with Crippen molar-refractivity contribution in [1.82, 2.24) is 10.3 Å². The van der Waals surface area contributed by atoms with Gasteiger partial charge in [-0.1, -0.05) is 18.2 Å². The number of para-hydroxylation sites is 1. The van der Waals surface area contributed by atoms with Crippen LogP contribution in [0, 0.1) is 0 Å². The highest BCUT2D eigenvalue weighted by molar-refractivity contribution is 9.10. The van der Waals surface area contributed by atoms with Crippen molar-refractivity contribution in [2.24, 2.45) is 0 Å². The van der Waals surface area contributed by atoms with E-state index < -0.39 is 0 Å². The number of nitrogens with one attached hydrogen (secondary N) is 1. The fourth-order valence-corrected chi connectivity index (χ4v) is 2.74. The summed E-state index contributed by atoms with van der Waals surface area (Å²) in [5.41, 5.74) is 1.91. The fraction of sp³-hybridized carbons (Fsp3) is 0.133. The molecule has 0 amide bonds. The van der Waals surface area contributed by atoms with E-state index in [0.717, 1.165) is 26.8 Å². The van der Waals surface area contributed by atoms with Crippen LogP contribution in [-0.4, -0.2) is 12.0 Å². The molecule has 1 aromatic carbocycles. The summed E-state index contributed by atoms with van der Waals surface area (Å²) < 4.78 is 6.46. The summed E-state index contributed by atoms with van der Waals surface area (Å²) in [6.45, 7) is 0. The minimum atomic E-state index is -0.0611. The van der Waals surface area contributed by atoms with E-state index in [1.165, 1.54) is 0 Å². The van der Waals surface area contributed by atoms with Crippen LogP contribution in [0.25, 0.3) is 10.9 Å². The molecule has 0 radical (unpaired) electrons. The minimum Gasteiger partial charge on any atom is -0.467 e. The molecule has 3 nitrogen and oxygen atoms in total. The number of halogens is 1. The van der Waals surface area contributed by atoms with E-state index in [1.807, 2.05) is 37.4 Å². The third-order valence-corrected chi connectivity index (χ3v) is 3.73. The molecule has 1 atom stereocenters. The molecule has 4 heteroatoms. The first-order chi connectivity index (χ1) is 9.29. The molecular weight excluding hydrogens is 304 g/mol. The van der Waals surface area contributed by atoms with E-state index in [9.17, 15) is 0 Å². The van der Waals surface area contributed by atoms with Crippen LogP contribution in [0.15, 0.2) is 57.6 Å². The average Bonchev–Trinajstić information content (AvgIpc) is 2.94. The molecule has 0 saturated carbocycles. The number of pyridine rings is 1. The van der Waals surface area contributed by atoms with Gasteiger partial charge in [0.1, 0.15) is 11.8 Å². The van der Waals surface area contributed by atoms with Crippen molar-refractivity contribution in [1.29, 1.82) is 0 Å². The lowest BCUT2D eigenvalue weighted by Gasteiger charge is -2.15. The topological polar surface area (TPSA) is 38.1 Å². The summed E-state index contributed by atoms with van der Waals surface area (Å²) in [6, 6.07) is 13.9. The van der Waals surface area contributed by atoms with E-state index in [0.29, 0.717) is 0 Å². The molecule has 2 heterocycles. The number of hydrogen-bond acceptors (Lipinski definition) is 3. The molecule has 0 fully saturated rings. The Bertz CT molecular complexity index is 694. The van der Waals surface area contributed by atoms with Gasteiger partial charge in [0.25, 0.3) is 0 Å². The van der Waals surface area contributed by atoms with Gasteiger partial charge in [0.2, 0.25) is 0 Å². The maximum absolute atomic E-state index is 5.48. The van der Waals surface area contributed by atoms with Gasteiger partial charge in [-0.15, -0.1) is 0 Å². The molecule has 0 saturated heterocycles. The maximum Gasteiger partial charge on any atom is 0.126 e. The second-order valence-corrected chi connectivity index (χ2v) is 5.14. The summed E-state index contributed by atoms with van der Waals surface area (Å²) in [6.07, 6.45) is 1.68. The van der Waals surface area contributed by atoms with E-state index in [2.05, 4.69) is 33.4 Å². The standard InChI is InChI=1S/C15H13BrN2O/c1-17-15(13-7-4-8-19-13)14-11(16)9-10-5-2-3-6-12(10)18-14/h2-9,15,17H,1H3. The molecule has 0 bridgehead atoms. The number of fused-ring (bicyclic) bond motifs is 1. The second-order valence-electron chi connectivity index (χ2n) is 4.29. The molecule has 3 aromatic rings. The van der Waals surface area contributed by atoms with Gasteiger partial charge in [0, 0.05) is 9.86 Å². The van der Waals surface area contributed by atoms with Crippen LogP contribution in [0.3, 0.4) is 0 Å². The van der Waals surface area contributed by atoms with Gasteiger partial charge in [-0.05, 0) is 47.2 Å². The molecule has 1 N–H and O–H groups in total. The Morgan fingerprint density at radius 1 is 1.21 bits per heavy atom. The zero-order valence-corrected chi connectivity index (χ0v) is 12.0. The first-order valence-electron chi connectivity index (χ1n) is 6.05. The zero-order chi connectivity index (χ0) is 13.2. The Balaban J connectivity index is 2.15. The maximum atomic E-state index is 5.48. The van der Waals surface area contributed by atoms with Crippen molar-refractivity contribution in [3.8, 4) is 0 Å². The van der Waals surface area contributed by atoms with E-state index >= 15 is 0 Å². The number of aromatic nitrogens is 1. The van der Waals surface area contributed by atoms with Crippen molar-refractivity contribution in [3.63, 3.8) is 0 Å². The number of hydrogen-bond donors (Lipinski definition) is 1. The molecule has 3 rings (SSSR count). The molecule has 0 aliphatic rings. The highest BCUT2D eigenvalue weighted by atomic mass is 79.9. The summed E-state index contributed by atoms with van der Waals surface area (Å²) >= 11 is 3.60. The van der Waals surface area contributed by atoms with Crippen LogP contribution < -0.4 is 5.32 Å². The lowest BCUT2D eigenvalue weighted by Crippen LogP contribution is -2.19. The number of furan rings is 1. The third kappa shape index (κ3) is 2.29. The summed E-state index contributed by atoms with van der Waals surface area (Å²) in [4.78, 5) is 4.73. The van der Waals surface area contributed by atoms with E-state index in [-0.39, 0.29) is 6.04 Å². The van der Waals surface area contributed by atoms with Gasteiger partial charge in [-0.25, -0.2) is 4.98 Å². The molecule has 19 heavy (non-hydrogen) atoms. The largest absolute Gasteiger partial charge is 0.467 e. The normalized spacial score (nSPS) is 12.7. The number of nitrogens with zero attached hydrogens (tertiary/aromatic N) is 1. The van der Waals surface area contributed by atoms with Gasteiger partial charge in [-0.2, -0.15) is 0 Å². The Morgan fingerprint density at radius 2 is 2.05 bits per heavy atom. The van der Waals surface area contributed by atoms with Crippen LogP contribution in [0.5, 0.6) is 0 Å². The van der Waals surface area contributed by atoms with Crippen molar-refractivity contribution in [2.75, 3.05) is 7.05 Å². The van der Waals surface area contributed by atoms with Crippen molar-refractivity contribution in [3.05, 3.63) is 64.7 Å². The number of benzene rings is 1. The highest BCUT2D eigenvalue weighted by Crippen LogP contribution is 2.29. The van der Waals surface area contributed by atoms with Crippen LogP contribution in [-0.2, 0) is 0 Å². The number of rotatable bonds is 3. The Morgan fingerprint density at radius 3 is 2.79 bits per heavy atom. The predicted octanol–water partition coefficient (Wildman–Crippen LogP) is 3.90. The Hall–Kier alpha value is -1.65. The smallest absolute Gasteiger partial charge is 0.126 e.